The molecule has 2 aromatic rings. The van der Waals surface area contributed by atoms with Crippen molar-refractivity contribution in [1.29, 1.82) is 0 Å². The fourth-order valence-electron chi connectivity index (χ4n) is 1.58. The van der Waals surface area contributed by atoms with E-state index in [-0.39, 0.29) is 27.7 Å². The fraction of sp³-hybridized carbons (Fsp3) is 0.133. The highest BCUT2D eigenvalue weighted by molar-refractivity contribution is 6.42. The maximum absolute atomic E-state index is 11.6. The molecule has 0 unspecified atom stereocenters. The number of amides is 2. The molecule has 1 aromatic heterocycles. The average molecular weight is 405 g/mol. The van der Waals surface area contributed by atoms with Gasteiger partial charge < -0.3 is 9.47 Å². The molecule has 0 saturated carbocycles. The summed E-state index contributed by atoms with van der Waals surface area (Å²) in [5.74, 6) is -0.710. The zero-order valence-electron chi connectivity index (χ0n) is 12.6. The average Bonchev–Trinajstić information content (AvgIpc) is 2.61. The van der Waals surface area contributed by atoms with E-state index >= 15 is 0 Å². The largest absolute Gasteiger partial charge is 0.466 e. The second-order valence-electron chi connectivity index (χ2n) is 4.57. The lowest BCUT2D eigenvalue weighted by molar-refractivity contribution is -0.124. The standard InChI is InChI=1S/C15H12Cl3N3O4/c16-10-6-11(17)14(19-13(10)18)24-8-12(22)20-21-15(23)25-7-9-4-2-1-3-5-9/h1-6H,7-8H2,(H,20,22)(H,21,23). The van der Waals surface area contributed by atoms with Crippen LogP contribution in [0.15, 0.2) is 36.4 Å². The lowest BCUT2D eigenvalue weighted by atomic mass is 10.2. The van der Waals surface area contributed by atoms with E-state index in [0.717, 1.165) is 5.56 Å². The van der Waals surface area contributed by atoms with E-state index in [0.29, 0.717) is 0 Å². The minimum Gasteiger partial charge on any atom is -0.466 e. The Morgan fingerprint density at radius 3 is 2.48 bits per heavy atom. The normalized spacial score (nSPS) is 10.0. The summed E-state index contributed by atoms with van der Waals surface area (Å²) in [6, 6.07) is 10.4. The molecule has 7 nitrogen and oxygen atoms in total. The number of hydrogen-bond acceptors (Lipinski definition) is 5. The van der Waals surface area contributed by atoms with Gasteiger partial charge in [-0.2, -0.15) is 4.98 Å². The van der Waals surface area contributed by atoms with Gasteiger partial charge in [0.25, 0.3) is 5.91 Å². The lowest BCUT2D eigenvalue weighted by Crippen LogP contribution is -2.44. The molecule has 0 atom stereocenters. The van der Waals surface area contributed by atoms with Gasteiger partial charge in [-0.15, -0.1) is 0 Å². The van der Waals surface area contributed by atoms with Crippen LogP contribution in [0.5, 0.6) is 5.88 Å². The molecule has 2 N–H and O–H groups in total. The molecular formula is C15H12Cl3N3O4. The molecule has 2 amide bonds. The predicted octanol–water partition coefficient (Wildman–Crippen LogP) is 3.38. The minimum absolute atomic E-state index is 0.0101. The molecule has 0 aliphatic carbocycles. The molecule has 0 radical (unpaired) electrons. The van der Waals surface area contributed by atoms with Crippen LogP contribution >= 0.6 is 34.8 Å². The summed E-state index contributed by atoms with van der Waals surface area (Å²) >= 11 is 17.3. The number of pyridine rings is 1. The number of rotatable bonds is 5. The molecule has 132 valence electrons. The summed E-state index contributed by atoms with van der Waals surface area (Å²) < 4.78 is 10.0. The number of nitrogens with zero attached hydrogens (tertiary/aromatic N) is 1. The molecule has 0 spiro atoms. The Morgan fingerprint density at radius 1 is 1.04 bits per heavy atom. The van der Waals surface area contributed by atoms with Crippen LogP contribution in [-0.2, 0) is 16.1 Å². The van der Waals surface area contributed by atoms with Crippen molar-refractivity contribution in [3.63, 3.8) is 0 Å². The summed E-state index contributed by atoms with van der Waals surface area (Å²) in [4.78, 5) is 26.9. The molecule has 0 fully saturated rings. The van der Waals surface area contributed by atoms with Crippen molar-refractivity contribution in [2.45, 2.75) is 6.61 Å². The van der Waals surface area contributed by atoms with Crippen molar-refractivity contribution in [2.24, 2.45) is 0 Å². The molecule has 0 aliphatic heterocycles. The molecule has 0 saturated heterocycles. The first-order chi connectivity index (χ1) is 12.0. The van der Waals surface area contributed by atoms with Gasteiger partial charge in [0.2, 0.25) is 5.88 Å². The monoisotopic (exact) mass is 403 g/mol. The third-order valence-electron chi connectivity index (χ3n) is 2.71. The Labute approximate surface area is 158 Å². The Kier molecular flexibility index (Phi) is 7.12. The van der Waals surface area contributed by atoms with Crippen LogP contribution in [-0.4, -0.2) is 23.6 Å². The molecule has 25 heavy (non-hydrogen) atoms. The van der Waals surface area contributed by atoms with Crippen LogP contribution in [0.2, 0.25) is 15.2 Å². The predicted molar refractivity (Wildman–Crippen MR) is 92.7 cm³/mol. The quantitative estimate of drug-likeness (QED) is 0.589. The van der Waals surface area contributed by atoms with Gasteiger partial charge in [0, 0.05) is 0 Å². The van der Waals surface area contributed by atoms with E-state index in [9.17, 15) is 9.59 Å². The zero-order chi connectivity index (χ0) is 18.2. The summed E-state index contributed by atoms with van der Waals surface area (Å²) in [7, 11) is 0. The van der Waals surface area contributed by atoms with Crippen LogP contribution in [0.1, 0.15) is 5.56 Å². The molecule has 1 aromatic carbocycles. The highest BCUT2D eigenvalue weighted by Gasteiger charge is 2.12. The minimum atomic E-state index is -0.817. The third-order valence-corrected chi connectivity index (χ3v) is 3.65. The number of hydrazine groups is 1. The van der Waals surface area contributed by atoms with Gasteiger partial charge in [-0.3, -0.25) is 10.2 Å². The van der Waals surface area contributed by atoms with Gasteiger partial charge in [-0.1, -0.05) is 65.1 Å². The topological polar surface area (TPSA) is 89.5 Å². The van der Waals surface area contributed by atoms with Crippen molar-refractivity contribution in [3.05, 3.63) is 57.2 Å². The van der Waals surface area contributed by atoms with Gasteiger partial charge in [0.15, 0.2) is 11.8 Å². The highest BCUT2D eigenvalue weighted by Crippen LogP contribution is 2.30. The summed E-state index contributed by atoms with van der Waals surface area (Å²) in [6.45, 7) is -0.383. The van der Waals surface area contributed by atoms with Gasteiger partial charge in [0.1, 0.15) is 11.6 Å². The van der Waals surface area contributed by atoms with Gasteiger partial charge in [-0.05, 0) is 11.6 Å². The van der Waals surface area contributed by atoms with Crippen molar-refractivity contribution in [2.75, 3.05) is 6.61 Å². The van der Waals surface area contributed by atoms with Crippen LogP contribution in [0.4, 0.5) is 4.79 Å². The Morgan fingerprint density at radius 2 is 1.76 bits per heavy atom. The van der Waals surface area contributed by atoms with Crippen molar-refractivity contribution in [3.8, 4) is 5.88 Å². The van der Waals surface area contributed by atoms with Gasteiger partial charge in [0.05, 0.1) is 5.02 Å². The second-order valence-corrected chi connectivity index (χ2v) is 5.74. The number of benzene rings is 1. The first kappa shape index (κ1) is 19.1. The van der Waals surface area contributed by atoms with Crippen molar-refractivity contribution in [1.82, 2.24) is 15.8 Å². The molecule has 0 bridgehead atoms. The number of carbonyl (C=O) groups is 2. The highest BCUT2D eigenvalue weighted by atomic mass is 35.5. The Hall–Kier alpha value is -2.22. The molecule has 0 aliphatic rings. The SMILES string of the molecule is O=C(COc1nc(Cl)c(Cl)cc1Cl)NNC(=O)OCc1ccccc1. The molecule has 1 heterocycles. The van der Waals surface area contributed by atoms with Crippen LogP contribution in [0.25, 0.3) is 0 Å². The first-order valence-electron chi connectivity index (χ1n) is 6.85. The lowest BCUT2D eigenvalue weighted by Gasteiger charge is -2.10. The number of hydrogen-bond donors (Lipinski definition) is 2. The fourth-order valence-corrected chi connectivity index (χ4v) is 2.12. The number of halogens is 3. The number of carbonyl (C=O) groups excluding carboxylic acids is 2. The van der Waals surface area contributed by atoms with Gasteiger partial charge >= 0.3 is 6.09 Å². The molecular weight excluding hydrogens is 393 g/mol. The van der Waals surface area contributed by atoms with Crippen molar-refractivity contribution < 1.29 is 19.1 Å². The number of nitrogens with one attached hydrogen (secondary N) is 2. The first-order valence-corrected chi connectivity index (χ1v) is 7.99. The zero-order valence-corrected chi connectivity index (χ0v) is 14.9. The van der Waals surface area contributed by atoms with E-state index in [4.69, 9.17) is 44.3 Å². The molecule has 2 rings (SSSR count). The Bertz CT molecular complexity index is 759. The van der Waals surface area contributed by atoms with E-state index < -0.39 is 18.6 Å². The number of ether oxygens (including phenoxy) is 2. The summed E-state index contributed by atoms with van der Waals surface area (Å²) in [5.41, 5.74) is 5.01. The number of aromatic nitrogens is 1. The summed E-state index contributed by atoms with van der Waals surface area (Å²) in [5, 5.41) is 0.243. The summed E-state index contributed by atoms with van der Waals surface area (Å²) in [6.07, 6.45) is -0.817. The van der Waals surface area contributed by atoms with E-state index in [1.165, 1.54) is 6.07 Å². The van der Waals surface area contributed by atoms with E-state index in [1.807, 2.05) is 18.2 Å². The maximum Gasteiger partial charge on any atom is 0.426 e. The van der Waals surface area contributed by atoms with E-state index in [1.54, 1.807) is 12.1 Å². The Balaban J connectivity index is 1.72. The van der Waals surface area contributed by atoms with E-state index in [2.05, 4.69) is 15.8 Å². The van der Waals surface area contributed by atoms with Crippen LogP contribution in [0, 0.1) is 0 Å². The second kappa shape index (κ2) is 9.31. The maximum atomic E-state index is 11.6. The van der Waals surface area contributed by atoms with Crippen LogP contribution in [0.3, 0.4) is 0 Å². The van der Waals surface area contributed by atoms with Crippen LogP contribution < -0.4 is 15.6 Å². The molecule has 10 heteroatoms. The van der Waals surface area contributed by atoms with Crippen molar-refractivity contribution >= 4 is 46.8 Å². The smallest absolute Gasteiger partial charge is 0.426 e. The van der Waals surface area contributed by atoms with Gasteiger partial charge in [-0.25, -0.2) is 10.2 Å². The third kappa shape index (κ3) is 6.30.